The predicted octanol–water partition coefficient (Wildman–Crippen LogP) is 0.912. The second-order valence-electron chi connectivity index (χ2n) is 7.50. The Kier molecular flexibility index (Phi) is 3.76. The van der Waals surface area contributed by atoms with Gasteiger partial charge in [0.25, 0.3) is 0 Å². The van der Waals surface area contributed by atoms with Crippen molar-refractivity contribution < 1.29 is 20.4 Å². The molecule has 0 radical (unpaired) electrons. The van der Waals surface area contributed by atoms with E-state index in [1.807, 2.05) is 13.8 Å². The van der Waals surface area contributed by atoms with E-state index < -0.39 is 23.9 Å². The van der Waals surface area contributed by atoms with Crippen molar-refractivity contribution in [2.75, 3.05) is 0 Å². The molecule has 19 heavy (non-hydrogen) atoms. The zero-order valence-electron chi connectivity index (χ0n) is 12.4. The van der Waals surface area contributed by atoms with Crippen LogP contribution >= 0.6 is 0 Å². The highest BCUT2D eigenvalue weighted by Gasteiger charge is 2.57. The summed E-state index contributed by atoms with van der Waals surface area (Å²) in [4.78, 5) is 0. The molecule has 2 aliphatic carbocycles. The molecule has 2 saturated carbocycles. The third-order valence-electron chi connectivity index (χ3n) is 5.84. The SMILES string of the molecule is C[C@H]1[C@H]2[C@H](O)[C@H](C(C)(C)O)CC[C@]2(C)[C@@H](O)C[C@@H]1O. The maximum Gasteiger partial charge on any atom is 0.0644 e. The normalized spacial score (nSPS) is 51.8. The summed E-state index contributed by atoms with van der Waals surface area (Å²) in [6.45, 7) is 7.40. The lowest BCUT2D eigenvalue weighted by molar-refractivity contribution is -0.207. The highest BCUT2D eigenvalue weighted by Crippen LogP contribution is 2.55. The minimum absolute atomic E-state index is 0.0615. The fourth-order valence-electron chi connectivity index (χ4n) is 4.47. The third kappa shape index (κ3) is 2.33. The lowest BCUT2D eigenvalue weighted by atomic mass is 9.51. The van der Waals surface area contributed by atoms with E-state index in [0.717, 1.165) is 6.42 Å². The van der Waals surface area contributed by atoms with Crippen molar-refractivity contribution in [3.05, 3.63) is 0 Å². The van der Waals surface area contributed by atoms with E-state index in [1.165, 1.54) is 0 Å². The molecule has 112 valence electrons. The van der Waals surface area contributed by atoms with Crippen LogP contribution in [-0.2, 0) is 0 Å². The Morgan fingerprint density at radius 2 is 1.74 bits per heavy atom. The van der Waals surface area contributed by atoms with E-state index in [4.69, 9.17) is 0 Å². The van der Waals surface area contributed by atoms with Crippen molar-refractivity contribution in [1.82, 2.24) is 0 Å². The van der Waals surface area contributed by atoms with E-state index >= 15 is 0 Å². The quantitative estimate of drug-likeness (QED) is 0.572. The third-order valence-corrected chi connectivity index (χ3v) is 5.84. The second-order valence-corrected chi connectivity index (χ2v) is 7.50. The number of hydrogen-bond donors (Lipinski definition) is 4. The molecule has 0 aromatic rings. The Labute approximate surface area is 115 Å². The monoisotopic (exact) mass is 272 g/mol. The van der Waals surface area contributed by atoms with Gasteiger partial charge in [-0.15, -0.1) is 0 Å². The number of hydrogen-bond acceptors (Lipinski definition) is 4. The summed E-state index contributed by atoms with van der Waals surface area (Å²) in [6, 6.07) is 0. The van der Waals surface area contributed by atoms with Crippen LogP contribution in [0.1, 0.15) is 47.0 Å². The molecule has 0 spiro atoms. The molecule has 7 atom stereocenters. The van der Waals surface area contributed by atoms with Gasteiger partial charge >= 0.3 is 0 Å². The number of aliphatic hydroxyl groups is 4. The zero-order chi connectivity index (χ0) is 14.6. The molecule has 2 aliphatic rings. The standard InChI is InChI=1S/C15H28O4/c1-8-10(16)7-11(17)15(4)6-5-9(14(2,3)19)13(18)12(8)15/h8-13,16-19H,5-7H2,1-4H3/t8-,9-,10+,11+,12+,13-,15-/m1/s1. The van der Waals surface area contributed by atoms with Gasteiger partial charge in [0.2, 0.25) is 0 Å². The van der Waals surface area contributed by atoms with E-state index in [2.05, 4.69) is 0 Å². The predicted molar refractivity (Wildman–Crippen MR) is 72.4 cm³/mol. The molecule has 4 N–H and O–H groups in total. The molecule has 2 rings (SSSR count). The molecule has 0 aromatic heterocycles. The van der Waals surface area contributed by atoms with Gasteiger partial charge in [0.1, 0.15) is 0 Å². The molecule has 0 aromatic carbocycles. The Morgan fingerprint density at radius 3 is 2.26 bits per heavy atom. The van der Waals surface area contributed by atoms with Crippen molar-refractivity contribution in [2.24, 2.45) is 23.2 Å². The largest absolute Gasteiger partial charge is 0.393 e. The summed E-state index contributed by atoms with van der Waals surface area (Å²) in [5.41, 5.74) is -1.30. The average molecular weight is 272 g/mol. The van der Waals surface area contributed by atoms with Crippen LogP contribution in [0.2, 0.25) is 0 Å². The molecule has 0 heterocycles. The highest BCUT2D eigenvalue weighted by atomic mass is 16.3. The number of rotatable bonds is 1. The van der Waals surface area contributed by atoms with Crippen LogP contribution in [0.25, 0.3) is 0 Å². The lowest BCUT2D eigenvalue weighted by Gasteiger charge is -2.58. The molecular weight excluding hydrogens is 244 g/mol. The van der Waals surface area contributed by atoms with E-state index in [-0.39, 0.29) is 23.2 Å². The summed E-state index contributed by atoms with van der Waals surface area (Å²) in [5, 5.41) is 41.3. The van der Waals surface area contributed by atoms with Gasteiger partial charge in [-0.3, -0.25) is 0 Å². The Bertz CT molecular complexity index is 338. The van der Waals surface area contributed by atoms with Gasteiger partial charge in [-0.2, -0.15) is 0 Å². The Morgan fingerprint density at radius 1 is 1.16 bits per heavy atom. The Balaban J connectivity index is 2.33. The van der Waals surface area contributed by atoms with Crippen molar-refractivity contribution >= 4 is 0 Å². The first-order chi connectivity index (χ1) is 8.59. The first kappa shape index (κ1) is 15.2. The second kappa shape index (κ2) is 4.69. The lowest BCUT2D eigenvalue weighted by Crippen LogP contribution is -2.61. The summed E-state index contributed by atoms with van der Waals surface area (Å²) >= 11 is 0. The smallest absolute Gasteiger partial charge is 0.0644 e. The molecule has 0 amide bonds. The van der Waals surface area contributed by atoms with Crippen LogP contribution < -0.4 is 0 Å². The molecule has 4 heteroatoms. The molecular formula is C15H28O4. The van der Waals surface area contributed by atoms with E-state index in [1.54, 1.807) is 13.8 Å². The van der Waals surface area contributed by atoms with Gasteiger partial charge in [0.05, 0.1) is 23.9 Å². The zero-order valence-corrected chi connectivity index (χ0v) is 12.4. The van der Waals surface area contributed by atoms with Gasteiger partial charge < -0.3 is 20.4 Å². The maximum atomic E-state index is 10.7. The molecule has 2 fully saturated rings. The summed E-state index contributed by atoms with van der Waals surface area (Å²) in [7, 11) is 0. The topological polar surface area (TPSA) is 80.9 Å². The minimum Gasteiger partial charge on any atom is -0.393 e. The fourth-order valence-corrected chi connectivity index (χ4v) is 4.47. The molecule has 0 aliphatic heterocycles. The van der Waals surface area contributed by atoms with Gasteiger partial charge in [-0.1, -0.05) is 13.8 Å². The van der Waals surface area contributed by atoms with Gasteiger partial charge in [-0.05, 0) is 43.9 Å². The van der Waals surface area contributed by atoms with Crippen molar-refractivity contribution in [3.8, 4) is 0 Å². The van der Waals surface area contributed by atoms with Gasteiger partial charge in [0, 0.05) is 12.3 Å². The maximum absolute atomic E-state index is 10.7. The molecule has 0 saturated heterocycles. The van der Waals surface area contributed by atoms with Crippen molar-refractivity contribution in [3.63, 3.8) is 0 Å². The van der Waals surface area contributed by atoms with E-state index in [9.17, 15) is 20.4 Å². The van der Waals surface area contributed by atoms with Crippen molar-refractivity contribution in [2.45, 2.75) is 70.9 Å². The number of aliphatic hydroxyl groups excluding tert-OH is 3. The summed E-state index contributed by atoms with van der Waals surface area (Å²) < 4.78 is 0. The van der Waals surface area contributed by atoms with Crippen molar-refractivity contribution in [1.29, 1.82) is 0 Å². The molecule has 0 bridgehead atoms. The van der Waals surface area contributed by atoms with Gasteiger partial charge in [0.15, 0.2) is 0 Å². The highest BCUT2D eigenvalue weighted by molar-refractivity contribution is 5.07. The average Bonchev–Trinajstić information content (AvgIpc) is 2.25. The first-order valence-corrected chi connectivity index (χ1v) is 7.35. The van der Waals surface area contributed by atoms with E-state index in [0.29, 0.717) is 12.8 Å². The summed E-state index contributed by atoms with van der Waals surface area (Å²) in [6.07, 6.45) is 0.0236. The van der Waals surface area contributed by atoms with Crippen LogP contribution in [0.4, 0.5) is 0 Å². The number of fused-ring (bicyclic) bond motifs is 1. The first-order valence-electron chi connectivity index (χ1n) is 7.35. The van der Waals surface area contributed by atoms with Gasteiger partial charge in [-0.25, -0.2) is 0 Å². The Hall–Kier alpha value is -0.160. The minimum atomic E-state index is -0.937. The summed E-state index contributed by atoms with van der Waals surface area (Å²) in [5.74, 6) is -0.435. The van der Waals surface area contributed by atoms with Crippen LogP contribution in [0.15, 0.2) is 0 Å². The van der Waals surface area contributed by atoms with Crippen LogP contribution in [0.5, 0.6) is 0 Å². The fraction of sp³-hybridized carbons (Fsp3) is 1.00. The van der Waals surface area contributed by atoms with Crippen LogP contribution in [0, 0.1) is 23.2 Å². The molecule has 4 nitrogen and oxygen atoms in total. The molecule has 0 unspecified atom stereocenters. The van der Waals surface area contributed by atoms with Crippen LogP contribution in [0.3, 0.4) is 0 Å². The van der Waals surface area contributed by atoms with Crippen LogP contribution in [-0.4, -0.2) is 44.3 Å².